The molecule has 3 aromatic rings. The molecular weight excluding hydrogens is 337 g/mol. The number of aryl methyl sites for hydroxylation is 1. The first kappa shape index (κ1) is 17.1. The van der Waals surface area contributed by atoms with Crippen LogP contribution in [-0.2, 0) is 11.2 Å². The van der Waals surface area contributed by atoms with Crippen LogP contribution in [0.3, 0.4) is 0 Å². The summed E-state index contributed by atoms with van der Waals surface area (Å²) in [5.41, 5.74) is 2.64. The Bertz CT molecular complexity index is 878. The van der Waals surface area contributed by atoms with Crippen molar-refractivity contribution in [2.75, 3.05) is 17.2 Å². The molecule has 128 valence electrons. The summed E-state index contributed by atoms with van der Waals surface area (Å²) < 4.78 is 13.7. The molecule has 0 aliphatic carbocycles. The van der Waals surface area contributed by atoms with Crippen molar-refractivity contribution in [2.45, 2.75) is 13.3 Å². The molecule has 0 unspecified atom stereocenters. The Kier molecular flexibility index (Phi) is 5.40. The van der Waals surface area contributed by atoms with Gasteiger partial charge in [0.2, 0.25) is 5.91 Å². The van der Waals surface area contributed by atoms with E-state index in [-0.39, 0.29) is 18.3 Å². The van der Waals surface area contributed by atoms with Crippen LogP contribution in [0.5, 0.6) is 0 Å². The molecule has 0 bridgehead atoms. The highest BCUT2D eigenvalue weighted by atomic mass is 32.1. The molecule has 1 heterocycles. The molecule has 2 aromatic carbocycles. The number of rotatable bonds is 6. The average molecular weight is 355 g/mol. The van der Waals surface area contributed by atoms with Crippen LogP contribution in [0.4, 0.5) is 15.2 Å². The Hall–Kier alpha value is -2.73. The standard InChI is InChI=1S/C19H18FN3OS/c1-13-5-4-7-15(9-13)21-12-18(24)23-19-22-11-16(25-19)10-14-6-2-3-8-17(14)20/h2-9,11,21H,10,12H2,1H3,(H,22,23,24). The van der Waals surface area contributed by atoms with Crippen LogP contribution in [-0.4, -0.2) is 17.4 Å². The highest BCUT2D eigenvalue weighted by molar-refractivity contribution is 7.15. The molecule has 1 aromatic heterocycles. The molecule has 0 radical (unpaired) electrons. The van der Waals surface area contributed by atoms with Gasteiger partial charge in [-0.05, 0) is 36.2 Å². The number of amides is 1. The predicted molar refractivity (Wildman–Crippen MR) is 99.6 cm³/mol. The van der Waals surface area contributed by atoms with Gasteiger partial charge in [0.05, 0.1) is 6.54 Å². The molecule has 0 fully saturated rings. The molecule has 6 heteroatoms. The summed E-state index contributed by atoms with van der Waals surface area (Å²) in [4.78, 5) is 17.1. The summed E-state index contributed by atoms with van der Waals surface area (Å²) in [6, 6.07) is 14.5. The SMILES string of the molecule is Cc1cccc(NCC(=O)Nc2ncc(Cc3ccccc3F)s2)c1. The zero-order chi connectivity index (χ0) is 17.6. The van der Waals surface area contributed by atoms with Gasteiger partial charge in [-0.3, -0.25) is 4.79 Å². The maximum absolute atomic E-state index is 13.7. The highest BCUT2D eigenvalue weighted by Gasteiger charge is 2.09. The Morgan fingerprint density at radius 3 is 2.84 bits per heavy atom. The van der Waals surface area contributed by atoms with Gasteiger partial charge in [0.15, 0.2) is 5.13 Å². The average Bonchev–Trinajstić information content (AvgIpc) is 3.02. The number of hydrogen-bond donors (Lipinski definition) is 2. The van der Waals surface area contributed by atoms with Gasteiger partial charge in [-0.2, -0.15) is 0 Å². The molecule has 0 aliphatic rings. The van der Waals surface area contributed by atoms with E-state index in [0.717, 1.165) is 16.1 Å². The highest BCUT2D eigenvalue weighted by Crippen LogP contribution is 2.22. The van der Waals surface area contributed by atoms with Crippen LogP contribution in [0.15, 0.2) is 54.7 Å². The second-order valence-electron chi connectivity index (χ2n) is 5.67. The molecule has 25 heavy (non-hydrogen) atoms. The number of anilines is 2. The number of thiazole rings is 1. The van der Waals surface area contributed by atoms with Gasteiger partial charge in [0.25, 0.3) is 0 Å². The lowest BCUT2D eigenvalue weighted by molar-refractivity contribution is -0.114. The van der Waals surface area contributed by atoms with Crippen LogP contribution in [0.2, 0.25) is 0 Å². The van der Waals surface area contributed by atoms with E-state index in [4.69, 9.17) is 0 Å². The van der Waals surface area contributed by atoms with Gasteiger partial charge in [-0.25, -0.2) is 9.37 Å². The topological polar surface area (TPSA) is 54.0 Å². The van der Waals surface area contributed by atoms with Crippen molar-refractivity contribution in [2.24, 2.45) is 0 Å². The lowest BCUT2D eigenvalue weighted by Crippen LogP contribution is -2.21. The Morgan fingerprint density at radius 1 is 1.20 bits per heavy atom. The van der Waals surface area contributed by atoms with E-state index in [1.165, 1.54) is 17.4 Å². The van der Waals surface area contributed by atoms with Crippen molar-refractivity contribution >= 4 is 28.1 Å². The lowest BCUT2D eigenvalue weighted by Gasteiger charge is -2.06. The quantitative estimate of drug-likeness (QED) is 0.696. The molecule has 4 nitrogen and oxygen atoms in total. The predicted octanol–water partition coefficient (Wildman–Crippen LogP) is 4.23. The third-order valence-corrected chi connectivity index (χ3v) is 4.51. The fourth-order valence-corrected chi connectivity index (χ4v) is 3.23. The first-order valence-electron chi connectivity index (χ1n) is 7.88. The normalized spacial score (nSPS) is 10.5. The smallest absolute Gasteiger partial charge is 0.245 e. The van der Waals surface area contributed by atoms with Gasteiger partial charge in [0.1, 0.15) is 5.82 Å². The second kappa shape index (κ2) is 7.90. The van der Waals surface area contributed by atoms with E-state index in [1.807, 2.05) is 31.2 Å². The Labute approximate surface area is 149 Å². The third kappa shape index (κ3) is 4.87. The number of carbonyl (C=O) groups excluding carboxylic acids is 1. The van der Waals surface area contributed by atoms with Crippen molar-refractivity contribution in [3.8, 4) is 0 Å². The van der Waals surface area contributed by atoms with E-state index in [2.05, 4.69) is 15.6 Å². The van der Waals surface area contributed by atoms with Gasteiger partial charge in [0, 0.05) is 23.2 Å². The van der Waals surface area contributed by atoms with Crippen molar-refractivity contribution < 1.29 is 9.18 Å². The van der Waals surface area contributed by atoms with Crippen LogP contribution >= 0.6 is 11.3 Å². The molecule has 2 N–H and O–H groups in total. The van der Waals surface area contributed by atoms with Crippen LogP contribution in [0.25, 0.3) is 0 Å². The monoisotopic (exact) mass is 355 g/mol. The number of carbonyl (C=O) groups is 1. The summed E-state index contributed by atoms with van der Waals surface area (Å²) in [6.07, 6.45) is 2.13. The van der Waals surface area contributed by atoms with Crippen LogP contribution in [0.1, 0.15) is 16.0 Å². The summed E-state index contributed by atoms with van der Waals surface area (Å²) in [7, 11) is 0. The van der Waals surface area contributed by atoms with Crippen LogP contribution < -0.4 is 10.6 Å². The lowest BCUT2D eigenvalue weighted by atomic mass is 10.1. The van der Waals surface area contributed by atoms with E-state index in [1.54, 1.807) is 24.4 Å². The van der Waals surface area contributed by atoms with Gasteiger partial charge in [-0.15, -0.1) is 11.3 Å². The number of halogens is 1. The molecule has 0 atom stereocenters. The minimum atomic E-state index is -0.233. The molecule has 3 rings (SSSR count). The molecule has 0 saturated carbocycles. The van der Waals surface area contributed by atoms with E-state index >= 15 is 0 Å². The molecule has 0 saturated heterocycles. The molecular formula is C19H18FN3OS. The minimum Gasteiger partial charge on any atom is -0.376 e. The van der Waals surface area contributed by atoms with Gasteiger partial charge < -0.3 is 10.6 Å². The fraction of sp³-hybridized carbons (Fsp3) is 0.158. The zero-order valence-corrected chi connectivity index (χ0v) is 14.6. The maximum Gasteiger partial charge on any atom is 0.245 e. The number of nitrogens with zero attached hydrogens (tertiary/aromatic N) is 1. The Morgan fingerprint density at radius 2 is 2.04 bits per heavy atom. The zero-order valence-electron chi connectivity index (χ0n) is 13.8. The fourth-order valence-electron chi connectivity index (χ4n) is 2.38. The maximum atomic E-state index is 13.7. The van der Waals surface area contributed by atoms with Crippen LogP contribution in [0, 0.1) is 12.7 Å². The van der Waals surface area contributed by atoms with Crippen molar-refractivity contribution in [3.05, 3.63) is 76.5 Å². The summed E-state index contributed by atoms with van der Waals surface area (Å²) >= 11 is 1.35. The van der Waals surface area contributed by atoms with Crippen molar-refractivity contribution in [1.29, 1.82) is 0 Å². The first-order chi connectivity index (χ1) is 12.1. The number of nitrogens with one attached hydrogen (secondary N) is 2. The Balaban J connectivity index is 1.54. The second-order valence-corrected chi connectivity index (χ2v) is 6.79. The van der Waals surface area contributed by atoms with Gasteiger partial charge in [-0.1, -0.05) is 30.3 Å². The van der Waals surface area contributed by atoms with Crippen molar-refractivity contribution in [1.82, 2.24) is 4.98 Å². The summed E-state index contributed by atoms with van der Waals surface area (Å²) in [5.74, 6) is -0.405. The number of benzene rings is 2. The number of hydrogen-bond acceptors (Lipinski definition) is 4. The van der Waals surface area contributed by atoms with Crippen molar-refractivity contribution in [3.63, 3.8) is 0 Å². The van der Waals surface area contributed by atoms with E-state index in [0.29, 0.717) is 17.1 Å². The summed E-state index contributed by atoms with van der Waals surface area (Å²) in [5, 5.41) is 6.35. The van der Waals surface area contributed by atoms with E-state index < -0.39 is 0 Å². The minimum absolute atomic E-state index is 0.158. The third-order valence-electron chi connectivity index (χ3n) is 3.59. The molecule has 0 spiro atoms. The molecule has 0 aliphatic heterocycles. The largest absolute Gasteiger partial charge is 0.376 e. The number of aromatic nitrogens is 1. The first-order valence-corrected chi connectivity index (χ1v) is 8.70. The van der Waals surface area contributed by atoms with Gasteiger partial charge >= 0.3 is 0 Å². The van der Waals surface area contributed by atoms with E-state index in [9.17, 15) is 9.18 Å². The molecule has 1 amide bonds. The summed E-state index contributed by atoms with van der Waals surface area (Å²) in [6.45, 7) is 2.16.